The van der Waals surface area contributed by atoms with E-state index >= 15 is 0 Å². The molecule has 0 radical (unpaired) electrons. The second kappa shape index (κ2) is 7.42. The van der Waals surface area contributed by atoms with Crippen molar-refractivity contribution < 1.29 is 9.13 Å². The number of likely N-dealkylation sites (N-methyl/N-ethyl adjacent to an activating group) is 1. The van der Waals surface area contributed by atoms with Crippen molar-refractivity contribution >= 4 is 16.3 Å². The summed E-state index contributed by atoms with van der Waals surface area (Å²) in [5.74, 6) is -0.278. The van der Waals surface area contributed by atoms with Crippen molar-refractivity contribution in [1.82, 2.24) is 24.3 Å². The van der Waals surface area contributed by atoms with Crippen molar-refractivity contribution in [2.75, 3.05) is 27.2 Å². The lowest BCUT2D eigenvalue weighted by atomic mass is 10.1. The lowest BCUT2D eigenvalue weighted by Gasteiger charge is -2.10. The Bertz CT molecular complexity index is 1060. The monoisotopic (exact) mass is 383 g/mol. The van der Waals surface area contributed by atoms with Gasteiger partial charge in [0, 0.05) is 29.9 Å². The number of rotatable bonds is 6. The van der Waals surface area contributed by atoms with Crippen LogP contribution in [0.4, 0.5) is 4.39 Å². The van der Waals surface area contributed by atoms with E-state index < -0.39 is 0 Å². The maximum Gasteiger partial charge on any atom is 0.316 e. The largest absolute Gasteiger partial charge is 0.462 e. The maximum absolute atomic E-state index is 13.3. The SMILES string of the molecule is CN(C)CCOc1nccc(-c2c(-c3ccc(F)cc3)nc3sccn23)n1. The molecule has 0 spiro atoms. The molecule has 8 heteroatoms. The lowest BCUT2D eigenvalue weighted by molar-refractivity contribution is 0.245. The summed E-state index contributed by atoms with van der Waals surface area (Å²) >= 11 is 1.53. The van der Waals surface area contributed by atoms with E-state index in [0.29, 0.717) is 18.3 Å². The van der Waals surface area contributed by atoms with Gasteiger partial charge in [0.2, 0.25) is 0 Å². The summed E-state index contributed by atoms with van der Waals surface area (Å²) in [6.07, 6.45) is 3.62. The standard InChI is InChI=1S/C19H18FN5OS/c1-24(2)9-11-26-18-21-8-7-15(22-18)17-16(13-3-5-14(20)6-4-13)23-19-25(17)10-12-27-19/h3-8,10,12H,9,11H2,1-2H3. The Labute approximate surface area is 159 Å². The fourth-order valence-corrected chi connectivity index (χ4v) is 3.42. The molecule has 0 unspecified atom stereocenters. The minimum atomic E-state index is -0.278. The van der Waals surface area contributed by atoms with E-state index in [1.807, 2.05) is 41.0 Å². The molecule has 0 aliphatic heterocycles. The van der Waals surface area contributed by atoms with E-state index in [1.165, 1.54) is 23.5 Å². The van der Waals surface area contributed by atoms with Crippen LogP contribution in [-0.2, 0) is 0 Å². The third kappa shape index (κ3) is 3.67. The summed E-state index contributed by atoms with van der Waals surface area (Å²) in [5, 5.41) is 1.97. The zero-order chi connectivity index (χ0) is 18.8. The highest BCUT2D eigenvalue weighted by atomic mass is 32.1. The van der Waals surface area contributed by atoms with Gasteiger partial charge in [-0.25, -0.2) is 14.4 Å². The van der Waals surface area contributed by atoms with Crippen molar-refractivity contribution in [3.05, 3.63) is 53.9 Å². The Morgan fingerprint density at radius 1 is 1.15 bits per heavy atom. The smallest absolute Gasteiger partial charge is 0.316 e. The van der Waals surface area contributed by atoms with Crippen LogP contribution in [0.2, 0.25) is 0 Å². The molecule has 1 aromatic carbocycles. The van der Waals surface area contributed by atoms with Crippen LogP contribution in [0, 0.1) is 5.82 Å². The summed E-state index contributed by atoms with van der Waals surface area (Å²) in [7, 11) is 3.96. The number of ether oxygens (including phenoxy) is 1. The first-order valence-corrected chi connectivity index (χ1v) is 9.32. The van der Waals surface area contributed by atoms with Gasteiger partial charge in [-0.2, -0.15) is 4.98 Å². The first-order chi connectivity index (χ1) is 13.1. The van der Waals surface area contributed by atoms with Gasteiger partial charge in [-0.15, -0.1) is 11.3 Å². The van der Waals surface area contributed by atoms with Gasteiger partial charge in [0.05, 0.1) is 11.4 Å². The van der Waals surface area contributed by atoms with Gasteiger partial charge >= 0.3 is 6.01 Å². The fourth-order valence-electron chi connectivity index (χ4n) is 2.70. The zero-order valence-electron chi connectivity index (χ0n) is 15.0. The summed E-state index contributed by atoms with van der Waals surface area (Å²) in [6, 6.07) is 8.46. The normalized spacial score (nSPS) is 11.4. The zero-order valence-corrected chi connectivity index (χ0v) is 15.8. The minimum Gasteiger partial charge on any atom is -0.462 e. The number of hydrogen-bond donors (Lipinski definition) is 0. The average Bonchev–Trinajstić information content (AvgIpc) is 3.23. The number of imidazole rings is 1. The van der Waals surface area contributed by atoms with Crippen LogP contribution in [0.15, 0.2) is 48.1 Å². The molecule has 3 aromatic heterocycles. The van der Waals surface area contributed by atoms with E-state index in [2.05, 4.69) is 9.97 Å². The number of benzene rings is 1. The van der Waals surface area contributed by atoms with Gasteiger partial charge in [-0.3, -0.25) is 4.40 Å². The summed E-state index contributed by atoms with van der Waals surface area (Å²) < 4.78 is 21.0. The molecule has 27 heavy (non-hydrogen) atoms. The second-order valence-corrected chi connectivity index (χ2v) is 7.12. The Morgan fingerprint density at radius 3 is 2.74 bits per heavy atom. The first-order valence-electron chi connectivity index (χ1n) is 8.44. The molecule has 0 atom stereocenters. The molecule has 4 rings (SSSR count). The van der Waals surface area contributed by atoms with E-state index in [-0.39, 0.29) is 5.82 Å². The molecular formula is C19H18FN5OS. The van der Waals surface area contributed by atoms with Gasteiger partial charge < -0.3 is 9.64 Å². The van der Waals surface area contributed by atoms with Gasteiger partial charge in [-0.1, -0.05) is 0 Å². The maximum atomic E-state index is 13.3. The van der Waals surface area contributed by atoms with Crippen molar-refractivity contribution in [2.45, 2.75) is 0 Å². The average molecular weight is 383 g/mol. The van der Waals surface area contributed by atoms with Crippen molar-refractivity contribution in [3.63, 3.8) is 0 Å². The van der Waals surface area contributed by atoms with Crippen molar-refractivity contribution in [1.29, 1.82) is 0 Å². The predicted molar refractivity (Wildman–Crippen MR) is 104 cm³/mol. The van der Waals surface area contributed by atoms with Crippen LogP contribution in [0.25, 0.3) is 27.6 Å². The number of fused-ring (bicyclic) bond motifs is 1. The van der Waals surface area contributed by atoms with E-state index in [1.54, 1.807) is 18.3 Å². The van der Waals surface area contributed by atoms with E-state index in [4.69, 9.17) is 9.72 Å². The first kappa shape index (κ1) is 17.6. The van der Waals surface area contributed by atoms with Crippen LogP contribution in [0.5, 0.6) is 6.01 Å². The number of aromatic nitrogens is 4. The highest BCUT2D eigenvalue weighted by molar-refractivity contribution is 7.15. The van der Waals surface area contributed by atoms with Crippen LogP contribution >= 0.6 is 11.3 Å². The molecule has 6 nitrogen and oxygen atoms in total. The van der Waals surface area contributed by atoms with Gasteiger partial charge in [0.15, 0.2) is 4.96 Å². The summed E-state index contributed by atoms with van der Waals surface area (Å²) in [5.41, 5.74) is 3.11. The topological polar surface area (TPSA) is 55.5 Å². The van der Waals surface area contributed by atoms with Crippen molar-refractivity contribution in [3.8, 4) is 28.7 Å². The van der Waals surface area contributed by atoms with Crippen molar-refractivity contribution in [2.24, 2.45) is 0 Å². The number of hydrogen-bond acceptors (Lipinski definition) is 6. The highest BCUT2D eigenvalue weighted by Crippen LogP contribution is 2.33. The molecule has 0 saturated carbocycles. The molecular weight excluding hydrogens is 365 g/mol. The van der Waals surface area contributed by atoms with E-state index in [0.717, 1.165) is 28.5 Å². The fraction of sp³-hybridized carbons (Fsp3) is 0.211. The minimum absolute atomic E-state index is 0.278. The quantitative estimate of drug-likeness (QED) is 0.509. The van der Waals surface area contributed by atoms with Gasteiger partial charge in [0.25, 0.3) is 0 Å². The molecule has 0 N–H and O–H groups in total. The van der Waals surface area contributed by atoms with Gasteiger partial charge in [-0.05, 0) is 44.4 Å². The molecule has 138 valence electrons. The molecule has 0 amide bonds. The third-order valence-electron chi connectivity index (χ3n) is 4.03. The lowest BCUT2D eigenvalue weighted by Crippen LogP contribution is -2.20. The second-order valence-electron chi connectivity index (χ2n) is 6.25. The molecule has 3 heterocycles. The Kier molecular flexibility index (Phi) is 4.83. The Balaban J connectivity index is 1.75. The molecule has 0 saturated heterocycles. The molecule has 0 bridgehead atoms. The molecule has 0 aliphatic rings. The Morgan fingerprint density at radius 2 is 1.96 bits per heavy atom. The molecule has 4 aromatic rings. The third-order valence-corrected chi connectivity index (χ3v) is 4.78. The number of nitrogens with zero attached hydrogens (tertiary/aromatic N) is 5. The molecule has 0 aliphatic carbocycles. The number of halogens is 1. The van der Waals surface area contributed by atoms with Crippen LogP contribution < -0.4 is 4.74 Å². The predicted octanol–water partition coefficient (Wildman–Crippen LogP) is 3.60. The summed E-state index contributed by atoms with van der Waals surface area (Å²) in [6.45, 7) is 1.28. The van der Waals surface area contributed by atoms with Crippen LogP contribution in [0.1, 0.15) is 0 Å². The summed E-state index contributed by atoms with van der Waals surface area (Å²) in [4.78, 5) is 16.4. The highest BCUT2D eigenvalue weighted by Gasteiger charge is 2.18. The van der Waals surface area contributed by atoms with Crippen LogP contribution in [0.3, 0.4) is 0 Å². The van der Waals surface area contributed by atoms with Gasteiger partial charge in [0.1, 0.15) is 18.1 Å². The number of thiazole rings is 1. The Hall–Kier alpha value is -2.84. The van der Waals surface area contributed by atoms with Crippen LogP contribution in [-0.4, -0.2) is 51.5 Å². The molecule has 0 fully saturated rings. The van der Waals surface area contributed by atoms with E-state index in [9.17, 15) is 4.39 Å².